The Hall–Kier alpha value is -2.43. The van der Waals surface area contributed by atoms with Crippen LogP contribution in [0.25, 0.3) is 0 Å². The highest BCUT2D eigenvalue weighted by atomic mass is 16.4. The number of hydrogen-bond acceptors (Lipinski definition) is 3. The molecular formula is C17H18N2O3. The third-order valence-corrected chi connectivity index (χ3v) is 4.16. The Balaban J connectivity index is 1.87. The molecule has 5 nitrogen and oxygen atoms in total. The van der Waals surface area contributed by atoms with Gasteiger partial charge < -0.3 is 5.11 Å². The molecule has 0 saturated carbocycles. The van der Waals surface area contributed by atoms with Gasteiger partial charge in [-0.1, -0.05) is 29.8 Å². The topological polar surface area (TPSA) is 72.2 Å². The van der Waals surface area contributed by atoms with Crippen LogP contribution in [0, 0.1) is 12.8 Å². The number of carboxylic acid groups (broad SMARTS) is 1. The summed E-state index contributed by atoms with van der Waals surface area (Å²) in [5, 5.41) is 13.5. The Kier molecular flexibility index (Phi) is 3.79. The zero-order valence-corrected chi connectivity index (χ0v) is 12.5. The molecule has 1 N–H and O–H groups in total. The first kappa shape index (κ1) is 14.5. The van der Waals surface area contributed by atoms with Gasteiger partial charge in [0.1, 0.15) is 0 Å². The lowest BCUT2D eigenvalue weighted by Gasteiger charge is -2.21. The van der Waals surface area contributed by atoms with E-state index in [2.05, 4.69) is 5.10 Å². The van der Waals surface area contributed by atoms with Crippen LogP contribution in [0.2, 0.25) is 0 Å². The third kappa shape index (κ3) is 2.93. The fourth-order valence-electron chi connectivity index (χ4n) is 2.82. The first-order valence-corrected chi connectivity index (χ1v) is 7.41. The van der Waals surface area contributed by atoms with Crippen molar-refractivity contribution in [3.05, 3.63) is 63.1 Å². The molecule has 1 aliphatic carbocycles. The van der Waals surface area contributed by atoms with Gasteiger partial charge in [0.15, 0.2) is 0 Å². The molecule has 1 aromatic carbocycles. The zero-order chi connectivity index (χ0) is 15.7. The lowest BCUT2D eigenvalue weighted by atomic mass is 9.87. The van der Waals surface area contributed by atoms with Crippen LogP contribution in [0.5, 0.6) is 0 Å². The summed E-state index contributed by atoms with van der Waals surface area (Å²) < 4.78 is 1.46. The Morgan fingerprint density at radius 2 is 2.09 bits per heavy atom. The minimum atomic E-state index is -0.797. The molecule has 0 radical (unpaired) electrons. The first-order valence-electron chi connectivity index (χ1n) is 7.41. The molecule has 0 amide bonds. The Morgan fingerprint density at radius 3 is 2.77 bits per heavy atom. The second-order valence-corrected chi connectivity index (χ2v) is 5.88. The Bertz CT molecular complexity index is 762. The average Bonchev–Trinajstić information content (AvgIpc) is 2.49. The SMILES string of the molecule is Cc1ccc(Cn2nc3c(cc2=O)C[C@H](C(=O)O)CC3)cc1. The van der Waals surface area contributed by atoms with E-state index in [1.165, 1.54) is 10.2 Å². The largest absolute Gasteiger partial charge is 0.481 e. The molecule has 2 aromatic rings. The van der Waals surface area contributed by atoms with Gasteiger partial charge in [-0.05, 0) is 37.3 Å². The van der Waals surface area contributed by atoms with E-state index in [-0.39, 0.29) is 5.56 Å². The van der Waals surface area contributed by atoms with Crippen molar-refractivity contribution in [2.45, 2.75) is 32.7 Å². The van der Waals surface area contributed by atoms with Crippen LogP contribution in [-0.2, 0) is 24.2 Å². The standard InChI is InChI=1S/C17H18N2O3/c1-11-2-4-12(5-3-11)10-19-16(20)9-14-8-13(17(21)22)6-7-15(14)18-19/h2-5,9,13H,6-8,10H2,1H3,(H,21,22)/t13-/m1/s1. The van der Waals surface area contributed by atoms with Crippen molar-refractivity contribution in [3.8, 4) is 0 Å². The molecule has 1 atom stereocenters. The van der Waals surface area contributed by atoms with E-state index < -0.39 is 11.9 Å². The first-order chi connectivity index (χ1) is 10.5. The molecule has 1 heterocycles. The van der Waals surface area contributed by atoms with Crippen molar-refractivity contribution < 1.29 is 9.90 Å². The quantitative estimate of drug-likeness (QED) is 0.937. The number of aryl methyl sites for hydroxylation is 2. The summed E-state index contributed by atoms with van der Waals surface area (Å²) in [5.41, 5.74) is 3.66. The van der Waals surface area contributed by atoms with Crippen LogP contribution in [0.4, 0.5) is 0 Å². The number of carboxylic acids is 1. The number of fused-ring (bicyclic) bond motifs is 1. The molecule has 5 heteroatoms. The van der Waals surface area contributed by atoms with Crippen molar-refractivity contribution in [2.75, 3.05) is 0 Å². The minimum absolute atomic E-state index is 0.176. The summed E-state index contributed by atoms with van der Waals surface area (Å²) in [6, 6.07) is 9.55. The molecule has 3 rings (SSSR count). The van der Waals surface area contributed by atoms with Crippen LogP contribution < -0.4 is 5.56 Å². The smallest absolute Gasteiger partial charge is 0.306 e. The minimum Gasteiger partial charge on any atom is -0.481 e. The van der Waals surface area contributed by atoms with E-state index in [9.17, 15) is 9.59 Å². The van der Waals surface area contributed by atoms with Gasteiger partial charge >= 0.3 is 5.97 Å². The molecule has 0 saturated heterocycles. The van der Waals surface area contributed by atoms with Crippen LogP contribution in [0.1, 0.15) is 28.8 Å². The van der Waals surface area contributed by atoms with E-state index in [0.29, 0.717) is 25.8 Å². The molecule has 1 aromatic heterocycles. The van der Waals surface area contributed by atoms with Crippen LogP contribution in [0.3, 0.4) is 0 Å². The van der Waals surface area contributed by atoms with E-state index in [1.807, 2.05) is 31.2 Å². The maximum absolute atomic E-state index is 12.2. The van der Waals surface area contributed by atoms with E-state index in [1.54, 1.807) is 6.07 Å². The third-order valence-electron chi connectivity index (χ3n) is 4.16. The van der Waals surface area contributed by atoms with Crippen molar-refractivity contribution in [1.82, 2.24) is 9.78 Å². The monoisotopic (exact) mass is 298 g/mol. The summed E-state index contributed by atoms with van der Waals surface area (Å²) >= 11 is 0. The molecule has 0 aliphatic heterocycles. The van der Waals surface area contributed by atoms with Crippen molar-refractivity contribution in [2.24, 2.45) is 5.92 Å². The summed E-state index contributed by atoms with van der Waals surface area (Å²) in [6.45, 7) is 2.46. The lowest BCUT2D eigenvalue weighted by Crippen LogP contribution is -2.30. The molecule has 0 spiro atoms. The Labute approximate surface area is 128 Å². The van der Waals surface area contributed by atoms with Crippen LogP contribution in [-0.4, -0.2) is 20.9 Å². The van der Waals surface area contributed by atoms with E-state index in [0.717, 1.165) is 16.8 Å². The fourth-order valence-corrected chi connectivity index (χ4v) is 2.82. The number of aliphatic carboxylic acids is 1. The molecule has 114 valence electrons. The van der Waals surface area contributed by atoms with Gasteiger partial charge in [0.25, 0.3) is 5.56 Å². The maximum atomic E-state index is 12.2. The van der Waals surface area contributed by atoms with Crippen LogP contribution >= 0.6 is 0 Å². The van der Waals surface area contributed by atoms with Gasteiger partial charge in [-0.15, -0.1) is 0 Å². The van der Waals surface area contributed by atoms with Crippen LogP contribution in [0.15, 0.2) is 35.1 Å². The van der Waals surface area contributed by atoms with Gasteiger partial charge in [0.2, 0.25) is 0 Å². The fraction of sp³-hybridized carbons (Fsp3) is 0.353. The summed E-state index contributed by atoms with van der Waals surface area (Å²) in [4.78, 5) is 23.3. The number of rotatable bonds is 3. The lowest BCUT2D eigenvalue weighted by molar-refractivity contribution is -0.142. The highest BCUT2D eigenvalue weighted by Gasteiger charge is 2.25. The maximum Gasteiger partial charge on any atom is 0.306 e. The van der Waals surface area contributed by atoms with Gasteiger partial charge in [-0.3, -0.25) is 9.59 Å². The Morgan fingerprint density at radius 1 is 1.36 bits per heavy atom. The van der Waals surface area contributed by atoms with Gasteiger partial charge in [0, 0.05) is 6.07 Å². The highest BCUT2D eigenvalue weighted by molar-refractivity contribution is 5.70. The van der Waals surface area contributed by atoms with Crippen molar-refractivity contribution in [3.63, 3.8) is 0 Å². The summed E-state index contributed by atoms with van der Waals surface area (Å²) in [5.74, 6) is -1.20. The second kappa shape index (κ2) is 5.75. The second-order valence-electron chi connectivity index (χ2n) is 5.88. The van der Waals surface area contributed by atoms with Crippen molar-refractivity contribution >= 4 is 5.97 Å². The molecule has 0 unspecified atom stereocenters. The molecule has 0 bridgehead atoms. The molecular weight excluding hydrogens is 280 g/mol. The van der Waals surface area contributed by atoms with Gasteiger partial charge in [-0.2, -0.15) is 5.10 Å². The molecule has 0 fully saturated rings. The predicted octanol–water partition coefficient (Wildman–Crippen LogP) is 1.79. The molecule has 1 aliphatic rings. The van der Waals surface area contributed by atoms with E-state index >= 15 is 0 Å². The van der Waals surface area contributed by atoms with Gasteiger partial charge in [0.05, 0.1) is 18.2 Å². The predicted molar refractivity (Wildman–Crippen MR) is 81.9 cm³/mol. The zero-order valence-electron chi connectivity index (χ0n) is 12.5. The summed E-state index contributed by atoms with van der Waals surface area (Å²) in [6.07, 6.45) is 1.59. The highest BCUT2D eigenvalue weighted by Crippen LogP contribution is 2.23. The molecule has 22 heavy (non-hydrogen) atoms. The number of benzene rings is 1. The number of carbonyl (C=O) groups is 1. The summed E-state index contributed by atoms with van der Waals surface area (Å²) in [7, 11) is 0. The van der Waals surface area contributed by atoms with Gasteiger partial charge in [-0.25, -0.2) is 4.68 Å². The van der Waals surface area contributed by atoms with E-state index in [4.69, 9.17) is 5.11 Å². The van der Waals surface area contributed by atoms with Crippen molar-refractivity contribution in [1.29, 1.82) is 0 Å². The number of aromatic nitrogens is 2. The normalized spacial score (nSPS) is 17.0. The number of nitrogens with zero attached hydrogens (tertiary/aromatic N) is 2. The number of hydrogen-bond donors (Lipinski definition) is 1. The average molecular weight is 298 g/mol.